The summed E-state index contributed by atoms with van der Waals surface area (Å²) in [6, 6.07) is 0. The highest BCUT2D eigenvalue weighted by Gasteiger charge is 2.07. The van der Waals surface area contributed by atoms with Crippen molar-refractivity contribution >= 4 is 0 Å². The van der Waals surface area contributed by atoms with Gasteiger partial charge in [-0.15, -0.1) is 0 Å². The molecule has 0 fully saturated rings. The van der Waals surface area contributed by atoms with E-state index in [4.69, 9.17) is 5.21 Å². The normalized spacial score (nSPS) is 20.1. The predicted molar refractivity (Wildman–Crippen MR) is 34.9 cm³/mol. The Balaban J connectivity index is 2.61. The molecule has 3 nitrogen and oxygen atoms in total. The molecule has 0 aromatic rings. The molecule has 1 N–H and O–H groups in total. The Hall–Kier alpha value is -0.700. The maximum absolute atomic E-state index is 8.93. The molecule has 1 rings (SSSR count). The van der Waals surface area contributed by atoms with Crippen molar-refractivity contribution in [2.75, 3.05) is 20.1 Å². The minimum atomic E-state index is 0.702. The van der Waals surface area contributed by atoms with Gasteiger partial charge in [-0.1, -0.05) is 0 Å². The predicted octanol–water partition coefficient (Wildman–Crippen LogP) is 0.484. The summed E-state index contributed by atoms with van der Waals surface area (Å²) >= 11 is 0. The summed E-state index contributed by atoms with van der Waals surface area (Å²) in [5, 5.41) is 10.1. The number of nitrogens with zero attached hydrogens (tertiary/aromatic N) is 2. The van der Waals surface area contributed by atoms with Gasteiger partial charge >= 0.3 is 0 Å². The number of hydroxylamine groups is 2. The molecule has 1 aliphatic rings. The van der Waals surface area contributed by atoms with Crippen LogP contribution >= 0.6 is 0 Å². The summed E-state index contributed by atoms with van der Waals surface area (Å²) < 4.78 is 0. The summed E-state index contributed by atoms with van der Waals surface area (Å²) in [6.45, 7) is 3.58. The highest BCUT2D eigenvalue weighted by atomic mass is 16.5. The van der Waals surface area contributed by atoms with Crippen molar-refractivity contribution in [3.8, 4) is 0 Å². The third kappa shape index (κ3) is 1.36. The molecular formula is C6H12N2O. The van der Waals surface area contributed by atoms with Crippen LogP contribution in [-0.4, -0.2) is 35.3 Å². The summed E-state index contributed by atoms with van der Waals surface area (Å²) in [5.41, 5.74) is 1.10. The van der Waals surface area contributed by atoms with Crippen LogP contribution in [0.4, 0.5) is 0 Å². The molecule has 0 unspecified atom stereocenters. The fourth-order valence-electron chi connectivity index (χ4n) is 0.808. The molecular weight excluding hydrogens is 116 g/mol. The molecule has 52 valence electrons. The summed E-state index contributed by atoms with van der Waals surface area (Å²) in [4.78, 5) is 2.10. The minimum Gasteiger partial charge on any atom is -0.375 e. The SMILES string of the molecule is CC1=CN(O)CCN1C. The highest BCUT2D eigenvalue weighted by molar-refractivity contribution is 4.97. The van der Waals surface area contributed by atoms with Gasteiger partial charge in [0.2, 0.25) is 0 Å². The highest BCUT2D eigenvalue weighted by Crippen LogP contribution is 2.05. The van der Waals surface area contributed by atoms with Crippen molar-refractivity contribution in [1.82, 2.24) is 9.96 Å². The zero-order valence-electron chi connectivity index (χ0n) is 5.83. The van der Waals surface area contributed by atoms with Crippen LogP contribution in [0.5, 0.6) is 0 Å². The molecule has 0 bridgehead atoms. The zero-order valence-corrected chi connectivity index (χ0v) is 5.83. The zero-order chi connectivity index (χ0) is 6.85. The maximum Gasteiger partial charge on any atom is 0.0622 e. The summed E-state index contributed by atoms with van der Waals surface area (Å²) in [6.07, 6.45) is 1.73. The van der Waals surface area contributed by atoms with E-state index in [2.05, 4.69) is 4.90 Å². The smallest absolute Gasteiger partial charge is 0.0622 e. The van der Waals surface area contributed by atoms with Crippen molar-refractivity contribution < 1.29 is 5.21 Å². The van der Waals surface area contributed by atoms with Crippen LogP contribution in [-0.2, 0) is 0 Å². The van der Waals surface area contributed by atoms with Crippen LogP contribution in [0.25, 0.3) is 0 Å². The fourth-order valence-corrected chi connectivity index (χ4v) is 0.808. The van der Waals surface area contributed by atoms with Crippen LogP contribution < -0.4 is 0 Å². The maximum atomic E-state index is 8.93. The van der Waals surface area contributed by atoms with Gasteiger partial charge in [-0.25, -0.2) is 0 Å². The van der Waals surface area contributed by atoms with Crippen molar-refractivity contribution in [2.24, 2.45) is 0 Å². The second-order valence-corrected chi connectivity index (χ2v) is 2.36. The average Bonchev–Trinajstić information content (AvgIpc) is 1.80. The van der Waals surface area contributed by atoms with E-state index in [1.807, 2.05) is 14.0 Å². The molecule has 0 aromatic heterocycles. The van der Waals surface area contributed by atoms with Crippen molar-refractivity contribution in [3.63, 3.8) is 0 Å². The Kier molecular flexibility index (Phi) is 1.62. The molecule has 3 heteroatoms. The van der Waals surface area contributed by atoms with Crippen LogP contribution in [0.1, 0.15) is 6.92 Å². The van der Waals surface area contributed by atoms with Gasteiger partial charge in [0, 0.05) is 25.5 Å². The summed E-state index contributed by atoms with van der Waals surface area (Å²) in [5.74, 6) is 0. The lowest BCUT2D eigenvalue weighted by Gasteiger charge is -2.28. The molecule has 0 aromatic carbocycles. The molecule has 0 aliphatic carbocycles. The molecule has 9 heavy (non-hydrogen) atoms. The van der Waals surface area contributed by atoms with E-state index in [0.29, 0.717) is 6.54 Å². The molecule has 1 aliphatic heterocycles. The Morgan fingerprint density at radius 3 is 2.67 bits per heavy atom. The van der Waals surface area contributed by atoms with Crippen molar-refractivity contribution in [1.29, 1.82) is 0 Å². The molecule has 0 amide bonds. The van der Waals surface area contributed by atoms with Crippen LogP contribution in [0.2, 0.25) is 0 Å². The first-order chi connectivity index (χ1) is 4.20. The number of rotatable bonds is 0. The summed E-state index contributed by atoms with van der Waals surface area (Å²) in [7, 11) is 2.01. The monoisotopic (exact) mass is 128 g/mol. The van der Waals surface area contributed by atoms with Gasteiger partial charge in [0.25, 0.3) is 0 Å². The van der Waals surface area contributed by atoms with Gasteiger partial charge in [-0.05, 0) is 6.92 Å². The number of hydrogen-bond donors (Lipinski definition) is 1. The second kappa shape index (κ2) is 2.27. The molecule has 0 radical (unpaired) electrons. The Bertz CT molecular complexity index is 133. The first-order valence-electron chi connectivity index (χ1n) is 3.05. The van der Waals surface area contributed by atoms with Gasteiger partial charge in [0.05, 0.1) is 6.54 Å². The molecule has 0 atom stereocenters. The van der Waals surface area contributed by atoms with Crippen LogP contribution in [0, 0.1) is 0 Å². The van der Waals surface area contributed by atoms with E-state index >= 15 is 0 Å². The van der Waals surface area contributed by atoms with E-state index in [0.717, 1.165) is 12.2 Å². The quantitative estimate of drug-likeness (QED) is 0.514. The molecule has 0 saturated heterocycles. The van der Waals surface area contributed by atoms with Gasteiger partial charge in [0.1, 0.15) is 0 Å². The number of hydrogen-bond acceptors (Lipinski definition) is 3. The lowest BCUT2D eigenvalue weighted by Crippen LogP contribution is -2.33. The molecule has 0 spiro atoms. The lowest BCUT2D eigenvalue weighted by atomic mass is 10.4. The van der Waals surface area contributed by atoms with E-state index in [-0.39, 0.29) is 0 Å². The van der Waals surface area contributed by atoms with Gasteiger partial charge in [-0.2, -0.15) is 0 Å². The van der Waals surface area contributed by atoms with Gasteiger partial charge < -0.3 is 4.90 Å². The number of allylic oxidation sites excluding steroid dienone is 1. The van der Waals surface area contributed by atoms with Gasteiger partial charge in [0.15, 0.2) is 0 Å². The first-order valence-corrected chi connectivity index (χ1v) is 3.05. The van der Waals surface area contributed by atoms with E-state index in [1.54, 1.807) is 6.20 Å². The number of likely N-dealkylation sites (N-methyl/N-ethyl adjacent to an activating group) is 1. The topological polar surface area (TPSA) is 26.7 Å². The Labute approximate surface area is 55.1 Å². The Morgan fingerprint density at radius 2 is 2.22 bits per heavy atom. The van der Waals surface area contributed by atoms with E-state index in [9.17, 15) is 0 Å². The Morgan fingerprint density at radius 1 is 1.56 bits per heavy atom. The van der Waals surface area contributed by atoms with Crippen molar-refractivity contribution in [3.05, 3.63) is 11.9 Å². The fraction of sp³-hybridized carbons (Fsp3) is 0.667. The van der Waals surface area contributed by atoms with E-state index in [1.165, 1.54) is 5.06 Å². The molecule has 1 heterocycles. The average molecular weight is 128 g/mol. The molecule has 0 saturated carbocycles. The van der Waals surface area contributed by atoms with Gasteiger partial charge in [-0.3, -0.25) is 10.3 Å². The first kappa shape index (κ1) is 6.42. The van der Waals surface area contributed by atoms with Crippen LogP contribution in [0.3, 0.4) is 0 Å². The van der Waals surface area contributed by atoms with E-state index < -0.39 is 0 Å². The van der Waals surface area contributed by atoms with Crippen molar-refractivity contribution in [2.45, 2.75) is 6.92 Å². The van der Waals surface area contributed by atoms with Crippen LogP contribution in [0.15, 0.2) is 11.9 Å². The minimum absolute atomic E-state index is 0.702. The second-order valence-electron chi connectivity index (χ2n) is 2.36. The third-order valence-electron chi connectivity index (χ3n) is 1.60. The largest absolute Gasteiger partial charge is 0.375 e. The third-order valence-corrected chi connectivity index (χ3v) is 1.60. The standard InChI is InChI=1S/C6H12N2O/c1-6-5-8(9)4-3-7(6)2/h5,9H,3-4H2,1-2H3. The lowest BCUT2D eigenvalue weighted by molar-refractivity contribution is -0.0543.